The van der Waals surface area contributed by atoms with Gasteiger partial charge in [0.05, 0.1) is 6.07 Å². The van der Waals surface area contributed by atoms with Crippen molar-refractivity contribution in [2.75, 3.05) is 12.5 Å². The van der Waals surface area contributed by atoms with Crippen LogP contribution in [0.4, 0.5) is 0 Å². The lowest BCUT2D eigenvalue weighted by atomic mass is 11.0. The molecule has 0 aromatic heterocycles. The Labute approximate surface area is 49.9 Å². The number of nitriles is 1. The zero-order valence-electron chi connectivity index (χ0n) is 5.17. The molecule has 0 radical (unpaired) electrons. The molecule has 0 aromatic carbocycles. The van der Waals surface area contributed by atoms with Crippen molar-refractivity contribution in [3.8, 4) is 6.07 Å². The summed E-state index contributed by atoms with van der Waals surface area (Å²) in [7, 11) is -2.67. The molecule has 0 saturated heterocycles. The Morgan fingerprint density at radius 1 is 1.38 bits per heavy atom. The summed E-state index contributed by atoms with van der Waals surface area (Å²) < 4.78 is 19.3. The van der Waals surface area contributed by atoms with Crippen molar-refractivity contribution in [1.82, 2.24) is 0 Å². The van der Waals surface area contributed by atoms with Crippen LogP contribution in [0.2, 0.25) is 0 Å². The predicted octanol–water partition coefficient (Wildman–Crippen LogP) is 0.191. The van der Waals surface area contributed by atoms with Gasteiger partial charge in [0.1, 0.15) is 9.84 Å². The molecule has 0 rings (SSSR count). The number of hydrogen-bond acceptors (Lipinski definition) is 3. The van der Waals surface area contributed by atoms with Gasteiger partial charge in [-0.15, -0.1) is 0 Å². The van der Waals surface area contributed by atoms with Crippen LogP contribution in [0.25, 0.3) is 0 Å². The van der Waals surface area contributed by atoms with E-state index >= 15 is 0 Å². The van der Waals surface area contributed by atoms with Gasteiger partial charge < -0.3 is 0 Å². The Balaban J connectivity index is 0. The fourth-order valence-electron chi connectivity index (χ4n) is 0. The topological polar surface area (TPSA) is 57.9 Å². The SMILES string of the molecule is CC#N.CS(C)(=O)=O. The Bertz CT molecular complexity index is 155. The summed E-state index contributed by atoms with van der Waals surface area (Å²) in [5, 5.41) is 7.32. The summed E-state index contributed by atoms with van der Waals surface area (Å²) in [6.07, 6.45) is 2.32. The van der Waals surface area contributed by atoms with Crippen LogP contribution in [0.5, 0.6) is 0 Å². The third kappa shape index (κ3) is 342. The lowest BCUT2D eigenvalue weighted by Crippen LogP contribution is -1.86. The lowest BCUT2D eigenvalue weighted by molar-refractivity contribution is 0.607. The number of hydrogen-bond donors (Lipinski definition) is 0. The highest BCUT2D eigenvalue weighted by atomic mass is 32.2. The molecule has 0 spiro atoms. The molecule has 0 atom stereocenters. The molecule has 0 aromatic rings. The van der Waals surface area contributed by atoms with Crippen LogP contribution in [0.15, 0.2) is 0 Å². The van der Waals surface area contributed by atoms with Gasteiger partial charge in [-0.1, -0.05) is 0 Å². The van der Waals surface area contributed by atoms with Gasteiger partial charge in [-0.3, -0.25) is 0 Å². The second kappa shape index (κ2) is 4.60. The van der Waals surface area contributed by atoms with Crippen molar-refractivity contribution in [1.29, 1.82) is 5.26 Å². The van der Waals surface area contributed by atoms with Crippen molar-refractivity contribution < 1.29 is 8.42 Å². The van der Waals surface area contributed by atoms with Crippen LogP contribution < -0.4 is 0 Å². The van der Waals surface area contributed by atoms with E-state index in [0.717, 1.165) is 12.5 Å². The van der Waals surface area contributed by atoms with E-state index in [-0.39, 0.29) is 0 Å². The first-order valence-corrected chi connectivity index (χ1v) is 4.17. The average Bonchev–Trinajstić information content (AvgIpc) is 1.27. The molecule has 4 heteroatoms. The van der Waals surface area contributed by atoms with E-state index in [1.54, 1.807) is 6.07 Å². The van der Waals surface area contributed by atoms with Crippen molar-refractivity contribution in [3.63, 3.8) is 0 Å². The first kappa shape index (κ1) is 10.4. The van der Waals surface area contributed by atoms with Crippen LogP contribution in [0.3, 0.4) is 0 Å². The van der Waals surface area contributed by atoms with E-state index in [0.29, 0.717) is 0 Å². The minimum Gasteiger partial charge on any atom is -0.229 e. The predicted molar refractivity (Wildman–Crippen MR) is 32.1 cm³/mol. The van der Waals surface area contributed by atoms with E-state index in [2.05, 4.69) is 0 Å². The minimum absolute atomic E-state index is 1.16. The molecular weight excluding hydrogens is 126 g/mol. The van der Waals surface area contributed by atoms with Crippen molar-refractivity contribution in [2.24, 2.45) is 0 Å². The molecule has 0 amide bonds. The van der Waals surface area contributed by atoms with E-state index in [9.17, 15) is 8.42 Å². The van der Waals surface area contributed by atoms with Crippen LogP contribution in [0, 0.1) is 11.3 Å². The Morgan fingerprint density at radius 3 is 1.38 bits per heavy atom. The zero-order valence-corrected chi connectivity index (χ0v) is 5.99. The summed E-state index contributed by atoms with van der Waals surface area (Å²) in [5.74, 6) is 0. The van der Waals surface area contributed by atoms with E-state index in [4.69, 9.17) is 5.26 Å². The number of nitrogens with zero attached hydrogens (tertiary/aromatic N) is 1. The highest BCUT2D eigenvalue weighted by Gasteiger charge is 1.79. The standard InChI is InChI=1S/C2H3N.C2H6O2S/c1-2-3;1-5(2,3)4/h1H3;1-2H3. The molecule has 8 heavy (non-hydrogen) atoms. The average molecular weight is 135 g/mol. The third-order valence-corrected chi connectivity index (χ3v) is 0. The lowest BCUT2D eigenvalue weighted by Gasteiger charge is -1.69. The first-order valence-electron chi connectivity index (χ1n) is 1.87. The molecule has 3 nitrogen and oxygen atoms in total. The summed E-state index contributed by atoms with van der Waals surface area (Å²) in [5.41, 5.74) is 0. The molecule has 0 aliphatic heterocycles. The van der Waals surface area contributed by atoms with Gasteiger partial charge in [0.2, 0.25) is 0 Å². The molecule has 0 bridgehead atoms. The fraction of sp³-hybridized carbons (Fsp3) is 0.750. The van der Waals surface area contributed by atoms with Crippen molar-refractivity contribution in [3.05, 3.63) is 0 Å². The Hall–Kier alpha value is -0.560. The molecule has 0 saturated carbocycles. The van der Waals surface area contributed by atoms with Crippen LogP contribution >= 0.6 is 0 Å². The molecule has 0 aliphatic rings. The van der Waals surface area contributed by atoms with E-state index < -0.39 is 9.84 Å². The number of rotatable bonds is 0. The quantitative estimate of drug-likeness (QED) is 0.476. The third-order valence-electron chi connectivity index (χ3n) is 0. The van der Waals surface area contributed by atoms with Gasteiger partial charge in [0.15, 0.2) is 0 Å². The van der Waals surface area contributed by atoms with Gasteiger partial charge in [-0.25, -0.2) is 8.42 Å². The molecule has 48 valence electrons. The maximum atomic E-state index is 9.63. The largest absolute Gasteiger partial charge is 0.229 e. The van der Waals surface area contributed by atoms with Crippen molar-refractivity contribution in [2.45, 2.75) is 6.92 Å². The molecule has 0 aliphatic carbocycles. The molecular formula is C4H9NO2S. The van der Waals surface area contributed by atoms with E-state index in [1.165, 1.54) is 6.92 Å². The highest BCUT2D eigenvalue weighted by Crippen LogP contribution is 1.61. The van der Waals surface area contributed by atoms with Gasteiger partial charge in [0, 0.05) is 19.4 Å². The minimum atomic E-state index is -2.67. The normalized spacial score (nSPS) is 8.25. The second-order valence-corrected chi connectivity index (χ2v) is 3.65. The highest BCUT2D eigenvalue weighted by molar-refractivity contribution is 7.89. The van der Waals surface area contributed by atoms with Gasteiger partial charge in [0.25, 0.3) is 0 Å². The maximum absolute atomic E-state index is 9.63. The first-order chi connectivity index (χ1) is 3.41. The van der Waals surface area contributed by atoms with Gasteiger partial charge in [-0.05, 0) is 0 Å². The summed E-state index contributed by atoms with van der Waals surface area (Å²) in [6.45, 7) is 1.43. The van der Waals surface area contributed by atoms with Gasteiger partial charge in [-0.2, -0.15) is 5.26 Å². The molecule has 0 heterocycles. The van der Waals surface area contributed by atoms with Crippen LogP contribution in [-0.2, 0) is 9.84 Å². The number of sulfone groups is 1. The summed E-state index contributed by atoms with van der Waals surface area (Å²) in [6, 6.07) is 1.75. The van der Waals surface area contributed by atoms with Crippen LogP contribution in [0.1, 0.15) is 6.92 Å². The summed E-state index contributed by atoms with van der Waals surface area (Å²) >= 11 is 0. The second-order valence-electron chi connectivity index (χ2n) is 1.37. The fourth-order valence-corrected chi connectivity index (χ4v) is 0. The van der Waals surface area contributed by atoms with Gasteiger partial charge >= 0.3 is 0 Å². The Morgan fingerprint density at radius 2 is 1.38 bits per heavy atom. The monoisotopic (exact) mass is 135 g/mol. The summed E-state index contributed by atoms with van der Waals surface area (Å²) in [4.78, 5) is 0. The van der Waals surface area contributed by atoms with Crippen molar-refractivity contribution >= 4 is 9.84 Å². The Kier molecular flexibility index (Phi) is 5.99. The molecule has 0 N–H and O–H groups in total. The van der Waals surface area contributed by atoms with E-state index in [1.807, 2.05) is 0 Å². The van der Waals surface area contributed by atoms with Crippen LogP contribution in [-0.4, -0.2) is 20.9 Å². The molecule has 0 fully saturated rings. The maximum Gasteiger partial charge on any atom is 0.144 e. The zero-order chi connectivity index (χ0) is 7.21. The smallest absolute Gasteiger partial charge is 0.144 e. The molecule has 0 unspecified atom stereocenters.